The number of benzene rings is 2. The van der Waals surface area contributed by atoms with E-state index in [1.54, 1.807) is 10.9 Å². The van der Waals surface area contributed by atoms with Gasteiger partial charge in [0.2, 0.25) is 0 Å². The molecule has 8 nitrogen and oxygen atoms in total. The van der Waals surface area contributed by atoms with Gasteiger partial charge >= 0.3 is 0 Å². The van der Waals surface area contributed by atoms with Crippen LogP contribution in [0.1, 0.15) is 20.7 Å². The predicted octanol–water partition coefficient (Wildman–Crippen LogP) is 2.25. The van der Waals surface area contributed by atoms with Crippen LogP contribution in [0.3, 0.4) is 0 Å². The third-order valence-corrected chi connectivity index (χ3v) is 4.35. The molecule has 0 fully saturated rings. The van der Waals surface area contributed by atoms with E-state index >= 15 is 0 Å². The molecule has 2 N–H and O–H groups in total. The predicted molar refractivity (Wildman–Crippen MR) is 109 cm³/mol. The summed E-state index contributed by atoms with van der Waals surface area (Å²) >= 11 is 0. The van der Waals surface area contributed by atoms with Gasteiger partial charge in [0.15, 0.2) is 12.4 Å². The van der Waals surface area contributed by atoms with Crippen molar-refractivity contribution in [1.82, 2.24) is 20.6 Å². The van der Waals surface area contributed by atoms with E-state index in [1.807, 2.05) is 60.7 Å². The fourth-order valence-corrected chi connectivity index (χ4v) is 2.90. The van der Waals surface area contributed by atoms with Gasteiger partial charge in [-0.25, -0.2) is 4.68 Å². The molecule has 0 aliphatic heterocycles. The van der Waals surface area contributed by atoms with E-state index in [4.69, 9.17) is 0 Å². The minimum absolute atomic E-state index is 0.121. The summed E-state index contributed by atoms with van der Waals surface area (Å²) < 4.78 is 2.12. The number of aromatic nitrogens is 3. The van der Waals surface area contributed by atoms with E-state index in [-0.39, 0.29) is 11.1 Å². The summed E-state index contributed by atoms with van der Waals surface area (Å²) in [6.45, 7) is 0. The van der Waals surface area contributed by atoms with Crippen LogP contribution >= 0.6 is 0 Å². The number of nitrogens with zero attached hydrogens (tertiary/aromatic N) is 3. The molecule has 0 unspecified atom stereocenters. The lowest BCUT2D eigenvalue weighted by molar-refractivity contribution is -0.605. The van der Waals surface area contributed by atoms with Crippen molar-refractivity contribution in [3.8, 4) is 16.9 Å². The lowest BCUT2D eigenvalue weighted by Crippen LogP contribution is -2.42. The molecule has 8 heteroatoms. The number of pyridine rings is 1. The van der Waals surface area contributed by atoms with Crippen molar-refractivity contribution < 1.29 is 14.3 Å². The Hall–Kier alpha value is -4.46. The van der Waals surface area contributed by atoms with Crippen LogP contribution in [-0.4, -0.2) is 21.6 Å². The lowest BCUT2D eigenvalue weighted by Gasteiger charge is -2.07. The highest BCUT2D eigenvalue weighted by Gasteiger charge is 2.19. The van der Waals surface area contributed by atoms with E-state index in [9.17, 15) is 14.8 Å². The highest BCUT2D eigenvalue weighted by atomic mass is 16.5. The molecule has 30 heavy (non-hydrogen) atoms. The Bertz CT molecular complexity index is 1190. The summed E-state index contributed by atoms with van der Waals surface area (Å²) in [6.07, 6.45) is 3.98. The van der Waals surface area contributed by atoms with Crippen LogP contribution in [0.2, 0.25) is 0 Å². The van der Waals surface area contributed by atoms with E-state index < -0.39 is 11.8 Å². The molecule has 148 valence electrons. The van der Waals surface area contributed by atoms with Crippen LogP contribution in [0, 0.1) is 5.21 Å². The van der Waals surface area contributed by atoms with Gasteiger partial charge in [-0.05, 0) is 18.2 Å². The van der Waals surface area contributed by atoms with Gasteiger partial charge in [-0.1, -0.05) is 48.5 Å². The summed E-state index contributed by atoms with van der Waals surface area (Å²) in [5.41, 5.74) is 7.16. The number of rotatable bonds is 4. The number of hydrazine groups is 1. The first-order valence-electron chi connectivity index (χ1n) is 9.12. The maximum atomic E-state index is 12.8. The summed E-state index contributed by atoms with van der Waals surface area (Å²) in [5.74, 6) is -1.14. The number of amides is 2. The average Bonchev–Trinajstić information content (AvgIpc) is 3.24. The second-order valence-corrected chi connectivity index (χ2v) is 6.40. The van der Waals surface area contributed by atoms with Crippen molar-refractivity contribution in [2.24, 2.45) is 0 Å². The van der Waals surface area contributed by atoms with Crippen molar-refractivity contribution in [3.63, 3.8) is 0 Å². The minimum atomic E-state index is -0.606. The summed E-state index contributed by atoms with van der Waals surface area (Å²) in [7, 11) is 0. The van der Waals surface area contributed by atoms with Crippen molar-refractivity contribution in [1.29, 1.82) is 0 Å². The van der Waals surface area contributed by atoms with Gasteiger partial charge in [-0.3, -0.25) is 20.4 Å². The molecule has 2 aromatic heterocycles. The van der Waals surface area contributed by atoms with Crippen LogP contribution < -0.4 is 15.6 Å². The Morgan fingerprint density at radius 1 is 0.867 bits per heavy atom. The van der Waals surface area contributed by atoms with Gasteiger partial charge in [0.05, 0.1) is 11.3 Å². The van der Waals surface area contributed by atoms with Crippen LogP contribution in [0.15, 0.2) is 91.4 Å². The molecule has 2 heterocycles. The Kier molecular flexibility index (Phi) is 5.21. The molecule has 4 rings (SSSR count). The molecule has 0 spiro atoms. The number of nitrogens with one attached hydrogen (secondary N) is 2. The minimum Gasteiger partial charge on any atom is -0.619 e. The number of carbonyl (C=O) groups is 2. The highest BCUT2D eigenvalue weighted by Crippen LogP contribution is 2.23. The second-order valence-electron chi connectivity index (χ2n) is 6.40. The van der Waals surface area contributed by atoms with Crippen molar-refractivity contribution in [3.05, 3.63) is 108 Å². The SMILES string of the molecule is O=C(NNC(=O)c1cn(-c2ccccc2)nc1-c1ccccc1)c1ccc[n+]([O-])c1. The number of hydrogen-bond donors (Lipinski definition) is 2. The Morgan fingerprint density at radius 2 is 1.53 bits per heavy atom. The topological polar surface area (TPSA) is 103 Å². The monoisotopic (exact) mass is 399 g/mol. The van der Waals surface area contributed by atoms with E-state index in [1.165, 1.54) is 18.3 Å². The van der Waals surface area contributed by atoms with Crippen LogP contribution in [0.25, 0.3) is 16.9 Å². The van der Waals surface area contributed by atoms with Gasteiger partial charge in [-0.2, -0.15) is 9.83 Å². The van der Waals surface area contributed by atoms with E-state index in [2.05, 4.69) is 16.0 Å². The summed E-state index contributed by atoms with van der Waals surface area (Å²) in [6, 6.07) is 21.6. The molecule has 0 aliphatic carbocycles. The van der Waals surface area contributed by atoms with E-state index in [0.717, 1.165) is 17.4 Å². The van der Waals surface area contributed by atoms with Crippen LogP contribution in [0.4, 0.5) is 0 Å². The van der Waals surface area contributed by atoms with Crippen molar-refractivity contribution in [2.75, 3.05) is 0 Å². The Morgan fingerprint density at radius 3 is 2.23 bits per heavy atom. The molecule has 2 aromatic carbocycles. The maximum absolute atomic E-state index is 12.8. The van der Waals surface area contributed by atoms with Gasteiger partial charge in [0.1, 0.15) is 11.3 Å². The molecule has 4 aromatic rings. The van der Waals surface area contributed by atoms with Crippen LogP contribution in [0.5, 0.6) is 0 Å². The van der Waals surface area contributed by atoms with Gasteiger partial charge in [0.25, 0.3) is 11.8 Å². The summed E-state index contributed by atoms with van der Waals surface area (Å²) in [5, 5.41) is 15.9. The molecule has 0 radical (unpaired) electrons. The largest absolute Gasteiger partial charge is 0.619 e. The Labute approximate surface area is 172 Å². The second kappa shape index (κ2) is 8.27. The number of hydrogen-bond acceptors (Lipinski definition) is 4. The third kappa shape index (κ3) is 4.02. The lowest BCUT2D eigenvalue weighted by atomic mass is 10.1. The van der Waals surface area contributed by atoms with E-state index in [0.29, 0.717) is 10.4 Å². The average molecular weight is 399 g/mol. The van der Waals surface area contributed by atoms with Gasteiger partial charge < -0.3 is 5.21 Å². The Balaban J connectivity index is 1.61. The first kappa shape index (κ1) is 18.9. The van der Waals surface area contributed by atoms with Gasteiger partial charge in [-0.15, -0.1) is 0 Å². The molecule has 0 saturated heterocycles. The summed E-state index contributed by atoms with van der Waals surface area (Å²) in [4.78, 5) is 25.1. The standard InChI is InChI=1S/C22H17N5O3/c28-21(17-10-7-13-26(30)14-17)23-24-22(29)19-15-27(18-11-5-2-6-12-18)25-20(19)16-8-3-1-4-9-16/h1-15H,(H,23,28)(H,24,29). The molecule has 2 amide bonds. The quantitative estimate of drug-likeness (QED) is 0.312. The molecule has 0 bridgehead atoms. The fourth-order valence-electron chi connectivity index (χ4n) is 2.90. The zero-order chi connectivity index (χ0) is 20.9. The normalized spacial score (nSPS) is 10.4. The third-order valence-electron chi connectivity index (χ3n) is 4.35. The highest BCUT2D eigenvalue weighted by molar-refractivity contribution is 6.02. The van der Waals surface area contributed by atoms with Crippen LogP contribution in [-0.2, 0) is 0 Å². The van der Waals surface area contributed by atoms with Gasteiger partial charge in [0, 0.05) is 17.8 Å². The first-order chi connectivity index (χ1) is 14.6. The van der Waals surface area contributed by atoms with Crippen molar-refractivity contribution >= 4 is 11.8 Å². The maximum Gasteiger partial charge on any atom is 0.275 e. The molecular weight excluding hydrogens is 382 g/mol. The molecule has 0 saturated carbocycles. The zero-order valence-electron chi connectivity index (χ0n) is 15.7. The smallest absolute Gasteiger partial charge is 0.275 e. The molecule has 0 atom stereocenters. The molecular formula is C22H17N5O3. The van der Waals surface area contributed by atoms with Crippen molar-refractivity contribution in [2.45, 2.75) is 0 Å². The first-order valence-corrected chi connectivity index (χ1v) is 9.12. The zero-order valence-corrected chi connectivity index (χ0v) is 15.7. The number of carbonyl (C=O) groups excluding carboxylic acids is 2. The number of para-hydroxylation sites is 1. The molecule has 0 aliphatic rings. The fraction of sp³-hybridized carbons (Fsp3) is 0.